The molecule has 1 aromatic heterocycles. The second kappa shape index (κ2) is 9.17. The first-order valence-electron chi connectivity index (χ1n) is 10.7. The predicted octanol–water partition coefficient (Wildman–Crippen LogP) is 6.02. The topological polar surface area (TPSA) is 44.9 Å². The number of aromatic nitrogens is 1. The zero-order valence-corrected chi connectivity index (χ0v) is 17.9. The van der Waals surface area contributed by atoms with E-state index in [9.17, 15) is 9.18 Å². The van der Waals surface area contributed by atoms with Gasteiger partial charge in [0, 0.05) is 36.0 Å². The number of rotatable bonds is 7. The average Bonchev–Trinajstić information content (AvgIpc) is 3.22. The van der Waals surface area contributed by atoms with Crippen LogP contribution in [0.2, 0.25) is 0 Å². The lowest BCUT2D eigenvalue weighted by molar-refractivity contribution is -0.121. The van der Waals surface area contributed by atoms with E-state index in [2.05, 4.69) is 23.3 Å². The van der Waals surface area contributed by atoms with E-state index >= 15 is 0 Å². The summed E-state index contributed by atoms with van der Waals surface area (Å²) in [5.41, 5.74) is 5.78. The number of aromatic amines is 1. The number of para-hydroxylation sites is 1. The number of carbonyl (C=O) groups is 1. The number of carbonyl (C=O) groups excluding carboxylic acids is 1. The molecule has 31 heavy (non-hydrogen) atoms. The van der Waals surface area contributed by atoms with Crippen molar-refractivity contribution in [1.29, 1.82) is 0 Å². The molecule has 1 amide bonds. The largest absolute Gasteiger partial charge is 0.361 e. The van der Waals surface area contributed by atoms with Crippen molar-refractivity contribution in [3.8, 4) is 0 Å². The fourth-order valence-electron chi connectivity index (χ4n) is 4.19. The number of nitrogens with one attached hydrogen (secondary N) is 2. The van der Waals surface area contributed by atoms with Gasteiger partial charge in [-0.15, -0.1) is 0 Å². The molecule has 158 valence electrons. The molecule has 0 radical (unpaired) electrons. The van der Waals surface area contributed by atoms with Gasteiger partial charge in [0.1, 0.15) is 5.82 Å². The second-order valence-electron chi connectivity index (χ2n) is 7.98. The van der Waals surface area contributed by atoms with Crippen molar-refractivity contribution in [3.63, 3.8) is 0 Å². The summed E-state index contributed by atoms with van der Waals surface area (Å²) >= 11 is 0. The molecule has 3 aromatic carbocycles. The van der Waals surface area contributed by atoms with Gasteiger partial charge in [0.05, 0.1) is 0 Å². The van der Waals surface area contributed by atoms with Gasteiger partial charge in [0.15, 0.2) is 0 Å². The van der Waals surface area contributed by atoms with Gasteiger partial charge in [-0.2, -0.15) is 0 Å². The summed E-state index contributed by atoms with van der Waals surface area (Å²) in [6.45, 7) is 4.51. The van der Waals surface area contributed by atoms with Crippen molar-refractivity contribution < 1.29 is 9.18 Å². The minimum atomic E-state index is -0.378. The Morgan fingerprint density at radius 1 is 1.03 bits per heavy atom. The molecule has 1 heterocycles. The third-order valence-electron chi connectivity index (χ3n) is 5.84. The number of halogens is 1. The Morgan fingerprint density at radius 3 is 2.61 bits per heavy atom. The lowest BCUT2D eigenvalue weighted by atomic mass is 9.86. The zero-order valence-electron chi connectivity index (χ0n) is 17.9. The van der Waals surface area contributed by atoms with Gasteiger partial charge in [-0.3, -0.25) is 4.79 Å². The standard InChI is InChI=1S/C27H27FN2O/c1-3-20-10-7-11-21-24(17-30-27(20)21)22(23-14-18(2)12-13-25(23)28)15-26(31)29-16-19-8-5-4-6-9-19/h4-14,17,22,30H,3,15-16H2,1-2H3,(H,29,31)/t22-/m1/s1. The van der Waals surface area contributed by atoms with Crippen LogP contribution >= 0.6 is 0 Å². The fourth-order valence-corrected chi connectivity index (χ4v) is 4.19. The van der Waals surface area contributed by atoms with Crippen molar-refractivity contribution in [2.45, 2.75) is 39.2 Å². The highest BCUT2D eigenvalue weighted by Crippen LogP contribution is 2.36. The molecule has 1 atom stereocenters. The van der Waals surface area contributed by atoms with E-state index in [1.165, 1.54) is 11.6 Å². The molecule has 0 saturated heterocycles. The molecule has 0 aliphatic heterocycles. The lowest BCUT2D eigenvalue weighted by Crippen LogP contribution is -2.25. The van der Waals surface area contributed by atoms with Crippen LogP contribution < -0.4 is 5.32 Å². The van der Waals surface area contributed by atoms with Crippen molar-refractivity contribution >= 4 is 16.8 Å². The molecule has 0 bridgehead atoms. The molecule has 4 heteroatoms. The highest BCUT2D eigenvalue weighted by molar-refractivity contribution is 5.88. The van der Waals surface area contributed by atoms with Crippen LogP contribution in [-0.4, -0.2) is 10.9 Å². The second-order valence-corrected chi connectivity index (χ2v) is 7.98. The predicted molar refractivity (Wildman–Crippen MR) is 124 cm³/mol. The molecular formula is C27H27FN2O. The van der Waals surface area contributed by atoms with Crippen LogP contribution in [0.5, 0.6) is 0 Å². The average molecular weight is 415 g/mol. The van der Waals surface area contributed by atoms with Gasteiger partial charge in [-0.1, -0.05) is 73.2 Å². The van der Waals surface area contributed by atoms with Gasteiger partial charge in [0.2, 0.25) is 5.91 Å². The number of amides is 1. The molecule has 4 aromatic rings. The molecular weight excluding hydrogens is 387 g/mol. The molecule has 0 spiro atoms. The Labute approximate surface area is 182 Å². The summed E-state index contributed by atoms with van der Waals surface area (Å²) in [6, 6.07) is 21.1. The maximum Gasteiger partial charge on any atom is 0.221 e. The van der Waals surface area contributed by atoms with Gasteiger partial charge in [0.25, 0.3) is 0 Å². The summed E-state index contributed by atoms with van der Waals surface area (Å²) in [5, 5.41) is 4.04. The van der Waals surface area contributed by atoms with E-state index in [-0.39, 0.29) is 24.1 Å². The number of aryl methyl sites for hydroxylation is 2. The number of H-pyrrole nitrogens is 1. The summed E-state index contributed by atoms with van der Waals surface area (Å²) in [4.78, 5) is 16.3. The van der Waals surface area contributed by atoms with Crippen molar-refractivity contribution in [3.05, 3.63) is 107 Å². The van der Waals surface area contributed by atoms with Gasteiger partial charge in [-0.05, 0) is 41.7 Å². The molecule has 0 saturated carbocycles. The number of hydrogen-bond donors (Lipinski definition) is 2. The zero-order chi connectivity index (χ0) is 21.8. The first-order valence-corrected chi connectivity index (χ1v) is 10.7. The lowest BCUT2D eigenvalue weighted by Gasteiger charge is -2.19. The third kappa shape index (κ3) is 4.53. The van der Waals surface area contributed by atoms with Crippen LogP contribution in [0.15, 0.2) is 72.9 Å². The van der Waals surface area contributed by atoms with E-state index in [0.29, 0.717) is 12.1 Å². The number of fused-ring (bicyclic) bond motifs is 1. The Morgan fingerprint density at radius 2 is 1.84 bits per heavy atom. The van der Waals surface area contributed by atoms with Crippen LogP contribution in [-0.2, 0) is 17.8 Å². The summed E-state index contributed by atoms with van der Waals surface area (Å²) < 4.78 is 14.9. The number of hydrogen-bond acceptors (Lipinski definition) is 1. The van der Waals surface area contributed by atoms with E-state index in [1.54, 1.807) is 6.07 Å². The first kappa shape index (κ1) is 20.9. The minimum absolute atomic E-state index is 0.101. The Bertz CT molecular complexity index is 1200. The monoisotopic (exact) mass is 414 g/mol. The molecule has 3 nitrogen and oxygen atoms in total. The Balaban J connectivity index is 1.69. The fraction of sp³-hybridized carbons (Fsp3) is 0.222. The molecule has 4 rings (SSSR count). The molecule has 0 fully saturated rings. The maximum atomic E-state index is 14.9. The van der Waals surface area contributed by atoms with E-state index in [1.807, 2.05) is 61.7 Å². The third-order valence-corrected chi connectivity index (χ3v) is 5.84. The minimum Gasteiger partial charge on any atom is -0.361 e. The quantitative estimate of drug-likeness (QED) is 0.382. The molecule has 0 aliphatic carbocycles. The van der Waals surface area contributed by atoms with Crippen molar-refractivity contribution in [2.24, 2.45) is 0 Å². The Kier molecular flexibility index (Phi) is 6.17. The number of benzene rings is 3. The van der Waals surface area contributed by atoms with Crippen LogP contribution in [0.1, 0.15) is 47.1 Å². The molecule has 0 unspecified atom stereocenters. The van der Waals surface area contributed by atoms with Crippen molar-refractivity contribution in [2.75, 3.05) is 0 Å². The SMILES string of the molecule is CCc1cccc2c([C@H](CC(=O)NCc3ccccc3)c3cc(C)ccc3F)c[nH]c12. The molecule has 2 N–H and O–H groups in total. The highest BCUT2D eigenvalue weighted by Gasteiger charge is 2.24. The van der Waals surface area contributed by atoms with Crippen molar-refractivity contribution in [1.82, 2.24) is 10.3 Å². The van der Waals surface area contributed by atoms with E-state index in [0.717, 1.165) is 34.0 Å². The summed E-state index contributed by atoms with van der Waals surface area (Å²) in [5.74, 6) is -0.764. The van der Waals surface area contributed by atoms with Gasteiger partial charge in [-0.25, -0.2) is 4.39 Å². The van der Waals surface area contributed by atoms with E-state index in [4.69, 9.17) is 0 Å². The van der Waals surface area contributed by atoms with Crippen LogP contribution in [0.3, 0.4) is 0 Å². The van der Waals surface area contributed by atoms with Crippen LogP contribution in [0.25, 0.3) is 10.9 Å². The normalized spacial score (nSPS) is 12.1. The smallest absolute Gasteiger partial charge is 0.221 e. The van der Waals surface area contributed by atoms with Crippen LogP contribution in [0.4, 0.5) is 4.39 Å². The molecule has 0 aliphatic rings. The van der Waals surface area contributed by atoms with Crippen LogP contribution in [0, 0.1) is 12.7 Å². The highest BCUT2D eigenvalue weighted by atomic mass is 19.1. The summed E-state index contributed by atoms with van der Waals surface area (Å²) in [7, 11) is 0. The van der Waals surface area contributed by atoms with Gasteiger partial charge >= 0.3 is 0 Å². The summed E-state index contributed by atoms with van der Waals surface area (Å²) in [6.07, 6.45) is 3.01. The maximum absolute atomic E-state index is 14.9. The van der Waals surface area contributed by atoms with Gasteiger partial charge < -0.3 is 10.3 Å². The Hall–Kier alpha value is -3.40. The first-order chi connectivity index (χ1) is 15.1. The van der Waals surface area contributed by atoms with E-state index < -0.39 is 0 Å².